The van der Waals surface area contributed by atoms with Crippen molar-refractivity contribution in [1.29, 1.82) is 0 Å². The van der Waals surface area contributed by atoms with Gasteiger partial charge >= 0.3 is 0 Å². The highest BCUT2D eigenvalue weighted by atomic mass is 32.2. The predicted octanol–water partition coefficient (Wildman–Crippen LogP) is 1.02. The van der Waals surface area contributed by atoms with Crippen LogP contribution in [0.1, 0.15) is 20.8 Å². The molecule has 1 aromatic rings. The van der Waals surface area contributed by atoms with E-state index < -0.39 is 10.8 Å². The number of nitrogen functional groups attached to an aromatic ring is 1. The van der Waals surface area contributed by atoms with Gasteiger partial charge in [0.25, 0.3) is 0 Å². The van der Waals surface area contributed by atoms with E-state index in [4.69, 9.17) is 10.5 Å². The lowest BCUT2D eigenvalue weighted by molar-refractivity contribution is 0.234. The first-order chi connectivity index (χ1) is 8.41. The first-order valence-corrected chi connectivity index (χ1v) is 7.37. The van der Waals surface area contributed by atoms with E-state index in [0.29, 0.717) is 23.9 Å². The fraction of sp³-hybridized carbons (Fsp3) is 0.636. The van der Waals surface area contributed by atoms with Crippen LogP contribution in [-0.4, -0.2) is 38.3 Å². The van der Waals surface area contributed by atoms with Crippen LogP contribution in [0.3, 0.4) is 0 Å². The number of anilines is 2. The molecule has 0 aliphatic carbocycles. The van der Waals surface area contributed by atoms with Crippen molar-refractivity contribution in [3.05, 3.63) is 6.33 Å². The highest BCUT2D eigenvalue weighted by Crippen LogP contribution is 2.25. The Bertz CT molecular complexity index is 426. The van der Waals surface area contributed by atoms with Crippen molar-refractivity contribution in [1.82, 2.24) is 9.97 Å². The Morgan fingerprint density at radius 3 is 2.67 bits per heavy atom. The van der Waals surface area contributed by atoms with Crippen LogP contribution in [0.15, 0.2) is 6.33 Å². The molecule has 2 atom stereocenters. The van der Waals surface area contributed by atoms with Gasteiger partial charge in [-0.2, -0.15) is 4.98 Å². The lowest BCUT2D eigenvalue weighted by Crippen LogP contribution is -2.22. The largest absolute Gasteiger partial charge is 0.473 e. The molecule has 1 aromatic heterocycles. The second-order valence-corrected chi connectivity index (χ2v) is 6.10. The molecule has 0 bridgehead atoms. The molecule has 0 radical (unpaired) electrons. The van der Waals surface area contributed by atoms with E-state index in [-0.39, 0.29) is 11.4 Å². The molecule has 0 aromatic carbocycles. The number of nitrogens with two attached hydrogens (primary N) is 1. The average Bonchev–Trinajstić information content (AvgIpc) is 2.29. The number of ether oxygens (including phenoxy) is 1. The molecular weight excluding hydrogens is 252 g/mol. The Kier molecular flexibility index (Phi) is 5.33. The zero-order chi connectivity index (χ0) is 13.7. The molecule has 2 unspecified atom stereocenters. The van der Waals surface area contributed by atoms with Crippen molar-refractivity contribution < 1.29 is 8.95 Å². The SMILES string of the molecule is CC(C)Oc1ncnc(NCC(C)S(C)=O)c1N. The summed E-state index contributed by atoms with van der Waals surface area (Å²) in [4.78, 5) is 8.03. The van der Waals surface area contributed by atoms with E-state index in [1.807, 2.05) is 20.8 Å². The molecule has 0 spiro atoms. The number of rotatable bonds is 6. The second-order valence-electron chi connectivity index (χ2n) is 4.30. The van der Waals surface area contributed by atoms with Gasteiger partial charge in [-0.15, -0.1) is 0 Å². The van der Waals surface area contributed by atoms with E-state index >= 15 is 0 Å². The molecule has 3 N–H and O–H groups in total. The lowest BCUT2D eigenvalue weighted by Gasteiger charge is -2.15. The summed E-state index contributed by atoms with van der Waals surface area (Å²) in [7, 11) is -0.883. The van der Waals surface area contributed by atoms with E-state index in [9.17, 15) is 4.21 Å². The number of nitrogens with one attached hydrogen (secondary N) is 1. The molecule has 0 saturated carbocycles. The summed E-state index contributed by atoms with van der Waals surface area (Å²) >= 11 is 0. The van der Waals surface area contributed by atoms with Gasteiger partial charge in [-0.1, -0.05) is 0 Å². The van der Waals surface area contributed by atoms with Gasteiger partial charge in [-0.25, -0.2) is 4.98 Å². The summed E-state index contributed by atoms with van der Waals surface area (Å²) in [6.07, 6.45) is 3.06. The van der Waals surface area contributed by atoms with Crippen LogP contribution < -0.4 is 15.8 Å². The predicted molar refractivity (Wildman–Crippen MR) is 74.2 cm³/mol. The monoisotopic (exact) mass is 272 g/mol. The summed E-state index contributed by atoms with van der Waals surface area (Å²) < 4.78 is 16.7. The van der Waals surface area contributed by atoms with E-state index in [1.54, 1.807) is 6.26 Å². The Hall–Kier alpha value is -1.37. The lowest BCUT2D eigenvalue weighted by atomic mass is 10.4. The smallest absolute Gasteiger partial charge is 0.242 e. The molecule has 6 nitrogen and oxygen atoms in total. The number of hydrogen-bond acceptors (Lipinski definition) is 6. The quantitative estimate of drug-likeness (QED) is 0.803. The highest BCUT2D eigenvalue weighted by Gasteiger charge is 2.12. The van der Waals surface area contributed by atoms with Crippen LogP contribution in [0.2, 0.25) is 0 Å². The Morgan fingerprint density at radius 1 is 1.44 bits per heavy atom. The fourth-order valence-electron chi connectivity index (χ4n) is 1.20. The summed E-state index contributed by atoms with van der Waals surface area (Å²) in [5.74, 6) is 0.880. The summed E-state index contributed by atoms with van der Waals surface area (Å²) in [6, 6.07) is 0. The first-order valence-electron chi connectivity index (χ1n) is 5.75. The van der Waals surface area contributed by atoms with Crippen LogP contribution in [0.5, 0.6) is 5.88 Å². The summed E-state index contributed by atoms with van der Waals surface area (Å²) in [5, 5.41) is 3.08. The molecule has 0 amide bonds. The Labute approximate surface area is 110 Å². The van der Waals surface area contributed by atoms with Crippen LogP contribution in [0.4, 0.5) is 11.5 Å². The van der Waals surface area contributed by atoms with Crippen molar-refractivity contribution in [3.63, 3.8) is 0 Å². The van der Waals surface area contributed by atoms with Crippen LogP contribution in [-0.2, 0) is 10.8 Å². The van der Waals surface area contributed by atoms with Crippen LogP contribution in [0, 0.1) is 0 Å². The molecule has 0 aliphatic rings. The van der Waals surface area contributed by atoms with Crippen molar-refractivity contribution in [2.75, 3.05) is 23.9 Å². The van der Waals surface area contributed by atoms with E-state index in [1.165, 1.54) is 6.33 Å². The standard InChI is InChI=1S/C11H20N4O2S/c1-7(2)17-11-9(12)10(14-6-15-11)13-5-8(3)18(4)16/h6-8H,5,12H2,1-4H3,(H,13,14,15). The van der Waals surface area contributed by atoms with Crippen LogP contribution in [0.25, 0.3) is 0 Å². The van der Waals surface area contributed by atoms with Gasteiger partial charge in [0.05, 0.1) is 6.10 Å². The third-order valence-electron chi connectivity index (χ3n) is 2.32. The molecule has 7 heteroatoms. The topological polar surface area (TPSA) is 90.1 Å². The van der Waals surface area contributed by atoms with Crippen molar-refractivity contribution in [2.24, 2.45) is 0 Å². The zero-order valence-corrected chi connectivity index (χ0v) is 12.0. The third kappa shape index (κ3) is 4.14. The zero-order valence-electron chi connectivity index (χ0n) is 11.1. The third-order valence-corrected chi connectivity index (χ3v) is 3.62. The number of nitrogens with zero attached hydrogens (tertiary/aromatic N) is 2. The van der Waals surface area contributed by atoms with Gasteiger partial charge in [-0.3, -0.25) is 4.21 Å². The van der Waals surface area contributed by atoms with Gasteiger partial charge in [0.15, 0.2) is 5.82 Å². The minimum absolute atomic E-state index is 0.00267. The molecular formula is C11H20N4O2S. The first kappa shape index (κ1) is 14.7. The maximum Gasteiger partial charge on any atom is 0.242 e. The van der Waals surface area contributed by atoms with Gasteiger partial charge in [-0.05, 0) is 20.8 Å². The fourth-order valence-corrected chi connectivity index (χ4v) is 1.51. The summed E-state index contributed by atoms with van der Waals surface area (Å²) in [5.41, 5.74) is 6.28. The highest BCUT2D eigenvalue weighted by molar-refractivity contribution is 7.84. The summed E-state index contributed by atoms with van der Waals surface area (Å²) in [6.45, 7) is 6.23. The molecule has 18 heavy (non-hydrogen) atoms. The van der Waals surface area contributed by atoms with E-state index in [0.717, 1.165) is 0 Å². The minimum Gasteiger partial charge on any atom is -0.473 e. The van der Waals surface area contributed by atoms with Gasteiger partial charge < -0.3 is 15.8 Å². The molecule has 0 fully saturated rings. The minimum atomic E-state index is -0.883. The van der Waals surface area contributed by atoms with Gasteiger partial charge in [0.1, 0.15) is 12.0 Å². The van der Waals surface area contributed by atoms with E-state index in [2.05, 4.69) is 15.3 Å². The van der Waals surface area contributed by atoms with Crippen molar-refractivity contribution in [3.8, 4) is 5.88 Å². The average molecular weight is 272 g/mol. The maximum atomic E-state index is 11.2. The van der Waals surface area contributed by atoms with Gasteiger partial charge in [0.2, 0.25) is 5.88 Å². The molecule has 0 saturated heterocycles. The van der Waals surface area contributed by atoms with Crippen molar-refractivity contribution in [2.45, 2.75) is 32.1 Å². The molecule has 0 aliphatic heterocycles. The van der Waals surface area contributed by atoms with Gasteiger partial charge in [0, 0.05) is 28.9 Å². The second kappa shape index (κ2) is 6.53. The molecule has 1 rings (SSSR count). The number of hydrogen-bond donors (Lipinski definition) is 2. The molecule has 102 valence electrons. The Morgan fingerprint density at radius 2 is 2.11 bits per heavy atom. The van der Waals surface area contributed by atoms with Crippen molar-refractivity contribution >= 4 is 22.3 Å². The maximum absolute atomic E-state index is 11.2. The molecule has 1 heterocycles. The Balaban J connectivity index is 2.74. The normalized spacial score (nSPS) is 14.3. The van der Waals surface area contributed by atoms with Crippen LogP contribution >= 0.6 is 0 Å². The number of aromatic nitrogens is 2.